The second-order valence-corrected chi connectivity index (χ2v) is 6.29. The van der Waals surface area contributed by atoms with E-state index in [1.54, 1.807) is 0 Å². The van der Waals surface area contributed by atoms with Gasteiger partial charge >= 0.3 is 0 Å². The summed E-state index contributed by atoms with van der Waals surface area (Å²) in [6, 6.07) is 0. The standard InChI is InChI=1S/C14H29NOS/c1-4-13(5-2,12-17)10-15(3)11-14(16)8-6-7-9-14/h16-17H,4-12H2,1-3H3. The molecule has 0 saturated heterocycles. The van der Waals surface area contributed by atoms with Crippen LogP contribution in [-0.2, 0) is 0 Å². The van der Waals surface area contributed by atoms with Crippen molar-refractivity contribution < 1.29 is 5.11 Å². The Hall–Kier alpha value is 0.270. The topological polar surface area (TPSA) is 23.5 Å². The molecule has 17 heavy (non-hydrogen) atoms. The fourth-order valence-corrected chi connectivity index (χ4v) is 3.62. The van der Waals surface area contributed by atoms with Crippen molar-refractivity contribution in [3.05, 3.63) is 0 Å². The molecule has 102 valence electrons. The number of likely N-dealkylation sites (N-methyl/N-ethyl adjacent to an activating group) is 1. The first-order valence-corrected chi connectivity index (χ1v) is 7.64. The average molecular weight is 259 g/mol. The number of rotatable bonds is 7. The van der Waals surface area contributed by atoms with Crippen LogP contribution in [0.5, 0.6) is 0 Å². The van der Waals surface area contributed by atoms with Crippen molar-refractivity contribution in [2.24, 2.45) is 5.41 Å². The lowest BCUT2D eigenvalue weighted by molar-refractivity contribution is 0.00647. The van der Waals surface area contributed by atoms with Gasteiger partial charge in [0.05, 0.1) is 5.60 Å². The summed E-state index contributed by atoms with van der Waals surface area (Å²) >= 11 is 4.52. The third-order valence-electron chi connectivity index (χ3n) is 4.54. The largest absolute Gasteiger partial charge is 0.389 e. The second kappa shape index (κ2) is 6.44. The van der Waals surface area contributed by atoms with Crippen LogP contribution in [0.2, 0.25) is 0 Å². The molecule has 0 bridgehead atoms. The minimum atomic E-state index is -0.418. The molecule has 1 aliphatic carbocycles. The van der Waals surface area contributed by atoms with Gasteiger partial charge in [0.15, 0.2) is 0 Å². The zero-order valence-corrected chi connectivity index (χ0v) is 12.6. The van der Waals surface area contributed by atoms with E-state index < -0.39 is 5.60 Å². The van der Waals surface area contributed by atoms with E-state index >= 15 is 0 Å². The van der Waals surface area contributed by atoms with Crippen molar-refractivity contribution in [2.75, 3.05) is 25.9 Å². The molecule has 0 aromatic carbocycles. The van der Waals surface area contributed by atoms with Gasteiger partial charge in [-0.1, -0.05) is 26.7 Å². The molecule has 2 nitrogen and oxygen atoms in total. The number of nitrogens with zero attached hydrogens (tertiary/aromatic N) is 1. The zero-order valence-electron chi connectivity index (χ0n) is 11.7. The van der Waals surface area contributed by atoms with E-state index in [0.29, 0.717) is 5.41 Å². The van der Waals surface area contributed by atoms with Crippen LogP contribution < -0.4 is 0 Å². The molecule has 0 aromatic rings. The second-order valence-electron chi connectivity index (χ2n) is 5.97. The smallest absolute Gasteiger partial charge is 0.0774 e. The molecule has 1 saturated carbocycles. The minimum Gasteiger partial charge on any atom is -0.389 e. The van der Waals surface area contributed by atoms with Crippen LogP contribution in [0.4, 0.5) is 0 Å². The Morgan fingerprint density at radius 1 is 1.24 bits per heavy atom. The van der Waals surface area contributed by atoms with Crippen LogP contribution in [0, 0.1) is 5.41 Å². The fourth-order valence-electron chi connectivity index (χ4n) is 3.07. The van der Waals surface area contributed by atoms with Gasteiger partial charge in [-0.2, -0.15) is 12.6 Å². The Morgan fingerprint density at radius 2 is 1.76 bits per heavy atom. The molecule has 1 N–H and O–H groups in total. The van der Waals surface area contributed by atoms with Crippen LogP contribution in [0.1, 0.15) is 52.4 Å². The van der Waals surface area contributed by atoms with Gasteiger partial charge in [-0.05, 0) is 43.9 Å². The van der Waals surface area contributed by atoms with Crippen LogP contribution in [0.15, 0.2) is 0 Å². The third-order valence-corrected chi connectivity index (χ3v) is 5.21. The zero-order chi connectivity index (χ0) is 12.9. The molecule has 0 atom stereocenters. The van der Waals surface area contributed by atoms with Crippen molar-refractivity contribution in [3.8, 4) is 0 Å². The molecule has 0 aromatic heterocycles. The maximum absolute atomic E-state index is 10.4. The maximum atomic E-state index is 10.4. The van der Waals surface area contributed by atoms with E-state index in [2.05, 4.69) is 38.4 Å². The van der Waals surface area contributed by atoms with Crippen molar-refractivity contribution in [1.29, 1.82) is 0 Å². The van der Waals surface area contributed by atoms with Crippen molar-refractivity contribution in [2.45, 2.75) is 58.0 Å². The third kappa shape index (κ3) is 4.15. The molecule has 0 radical (unpaired) electrons. The molecule has 0 spiro atoms. The van der Waals surface area contributed by atoms with Gasteiger partial charge in [0.25, 0.3) is 0 Å². The molecular formula is C14H29NOS. The summed E-state index contributed by atoms with van der Waals surface area (Å²) < 4.78 is 0. The fraction of sp³-hybridized carbons (Fsp3) is 1.00. The van der Waals surface area contributed by atoms with E-state index in [9.17, 15) is 5.11 Å². The summed E-state index contributed by atoms with van der Waals surface area (Å²) in [5.41, 5.74) is -0.106. The lowest BCUT2D eigenvalue weighted by Gasteiger charge is -2.37. The summed E-state index contributed by atoms with van der Waals surface area (Å²) in [4.78, 5) is 2.31. The highest BCUT2D eigenvalue weighted by Gasteiger charge is 2.34. The van der Waals surface area contributed by atoms with Crippen LogP contribution in [0.3, 0.4) is 0 Å². The maximum Gasteiger partial charge on any atom is 0.0774 e. The van der Waals surface area contributed by atoms with E-state index in [-0.39, 0.29) is 0 Å². The van der Waals surface area contributed by atoms with E-state index in [1.165, 1.54) is 12.8 Å². The molecule has 0 unspecified atom stereocenters. The highest BCUT2D eigenvalue weighted by molar-refractivity contribution is 7.80. The van der Waals surface area contributed by atoms with Crippen molar-refractivity contribution in [1.82, 2.24) is 4.90 Å². The van der Waals surface area contributed by atoms with E-state index in [4.69, 9.17) is 0 Å². The molecule has 0 amide bonds. The summed E-state index contributed by atoms with van der Waals surface area (Å²) in [5.74, 6) is 0.933. The Bertz CT molecular complexity index is 214. The SMILES string of the molecule is CCC(CC)(CS)CN(C)CC1(O)CCCC1. The average Bonchev–Trinajstić information content (AvgIpc) is 2.72. The van der Waals surface area contributed by atoms with Crippen molar-refractivity contribution in [3.63, 3.8) is 0 Å². The summed E-state index contributed by atoms with van der Waals surface area (Å²) in [6.07, 6.45) is 6.64. The molecule has 1 aliphatic rings. The molecule has 0 heterocycles. The number of hydrogen-bond acceptors (Lipinski definition) is 3. The Labute approximate surface area is 112 Å². The Kier molecular flexibility index (Phi) is 5.81. The Morgan fingerprint density at radius 3 is 2.18 bits per heavy atom. The first kappa shape index (κ1) is 15.3. The summed E-state index contributed by atoms with van der Waals surface area (Å²) in [5, 5.41) is 10.4. The molecule has 1 fully saturated rings. The van der Waals surface area contributed by atoms with Crippen LogP contribution >= 0.6 is 12.6 Å². The highest BCUT2D eigenvalue weighted by Crippen LogP contribution is 2.32. The quantitative estimate of drug-likeness (QED) is 0.687. The van der Waals surface area contributed by atoms with Crippen LogP contribution in [-0.4, -0.2) is 41.5 Å². The van der Waals surface area contributed by atoms with Gasteiger partial charge in [-0.3, -0.25) is 0 Å². The highest BCUT2D eigenvalue weighted by atomic mass is 32.1. The molecule has 1 rings (SSSR count). The molecule has 0 aliphatic heterocycles. The molecule has 3 heteroatoms. The number of thiol groups is 1. The first-order chi connectivity index (χ1) is 7.99. The predicted molar refractivity (Wildman–Crippen MR) is 77.8 cm³/mol. The molecular weight excluding hydrogens is 230 g/mol. The lowest BCUT2D eigenvalue weighted by Crippen LogP contribution is -2.44. The first-order valence-electron chi connectivity index (χ1n) is 7.01. The van der Waals surface area contributed by atoms with Gasteiger partial charge in [0.2, 0.25) is 0 Å². The summed E-state index contributed by atoms with van der Waals surface area (Å²) in [7, 11) is 2.14. The predicted octanol–water partition coefficient (Wildman–Crippen LogP) is 2.96. The monoisotopic (exact) mass is 259 g/mol. The number of aliphatic hydroxyl groups is 1. The lowest BCUT2D eigenvalue weighted by atomic mass is 9.83. The van der Waals surface area contributed by atoms with E-state index in [1.807, 2.05) is 0 Å². The Balaban J connectivity index is 2.49. The van der Waals surface area contributed by atoms with Gasteiger partial charge in [0, 0.05) is 13.1 Å². The van der Waals surface area contributed by atoms with Gasteiger partial charge in [-0.15, -0.1) is 0 Å². The van der Waals surface area contributed by atoms with Crippen molar-refractivity contribution >= 4 is 12.6 Å². The van der Waals surface area contributed by atoms with E-state index in [0.717, 1.165) is 44.5 Å². The van der Waals surface area contributed by atoms with Gasteiger partial charge < -0.3 is 10.0 Å². The van der Waals surface area contributed by atoms with Gasteiger partial charge in [0.1, 0.15) is 0 Å². The van der Waals surface area contributed by atoms with Gasteiger partial charge in [-0.25, -0.2) is 0 Å². The normalized spacial score (nSPS) is 20.1. The summed E-state index contributed by atoms with van der Waals surface area (Å²) in [6.45, 7) is 6.37. The van der Waals surface area contributed by atoms with Crippen LogP contribution in [0.25, 0.3) is 0 Å². The minimum absolute atomic E-state index is 0.312. The number of hydrogen-bond donors (Lipinski definition) is 2.